The molecule has 0 aromatic heterocycles. The van der Waals surface area contributed by atoms with Gasteiger partial charge < -0.3 is 60.7 Å². The van der Waals surface area contributed by atoms with Crippen molar-refractivity contribution >= 4 is 0 Å². The first-order chi connectivity index (χ1) is 8.49. The van der Waals surface area contributed by atoms with E-state index in [4.69, 9.17) is 60.7 Å². The average molecular weight is 549 g/mol. The normalized spacial score (nSPS) is 3.43. The number of nitrogens with zero attached hydrogens (tertiary/aromatic N) is 6. The maximum absolute atomic E-state index is 8.00. The van der Waals surface area contributed by atoms with Gasteiger partial charge in [-0.2, -0.15) is 0 Å². The molecule has 0 aliphatic rings. The summed E-state index contributed by atoms with van der Waals surface area (Å²) >= 11 is 0. The Morgan fingerprint density at radius 1 is 0.381 bits per heavy atom. The van der Waals surface area contributed by atoms with E-state index in [1.54, 1.807) is 0 Å². The van der Waals surface area contributed by atoms with Crippen molar-refractivity contribution in [3.05, 3.63) is 60.7 Å². The molecule has 21 heteroatoms. The standard InChI is InChI=1S/2K.6HNO2.Pt/c;;6*2-1-3;/h;;6*(H,2,3);/q2*+1;;;;;;;/p-6. The molecule has 0 radical (unpaired) electrons. The van der Waals surface area contributed by atoms with Crippen molar-refractivity contribution in [3.63, 3.8) is 0 Å². The van der Waals surface area contributed by atoms with Crippen molar-refractivity contribution in [3.8, 4) is 0 Å². The second-order valence-corrected chi connectivity index (χ2v) is 0.447. The van der Waals surface area contributed by atoms with Crippen LogP contribution < -0.4 is 103 Å². The molecule has 0 amide bonds. The third kappa shape index (κ3) is 52700. The Labute approximate surface area is 212 Å². The van der Waals surface area contributed by atoms with Gasteiger partial charge in [0.2, 0.25) is 0 Å². The van der Waals surface area contributed by atoms with E-state index in [1.165, 1.54) is 0 Å². The smallest absolute Gasteiger partial charge is 0.444 e. The van der Waals surface area contributed by atoms with Crippen molar-refractivity contribution < 1.29 is 124 Å². The van der Waals surface area contributed by atoms with E-state index < -0.39 is 0 Å². The summed E-state index contributed by atoms with van der Waals surface area (Å²) in [5.41, 5.74) is 0. The number of rotatable bonds is 0. The zero-order valence-electron chi connectivity index (χ0n) is 9.90. The molecule has 118 valence electrons. The van der Waals surface area contributed by atoms with Crippen LogP contribution in [0.5, 0.6) is 0 Å². The fourth-order valence-electron chi connectivity index (χ4n) is 0. The second-order valence-electron chi connectivity index (χ2n) is 0.447. The van der Waals surface area contributed by atoms with Crippen LogP contribution in [-0.2, 0) is 21.1 Å². The molecule has 21 heavy (non-hydrogen) atoms. The molecule has 0 unspecified atom stereocenters. The van der Waals surface area contributed by atoms with Crippen LogP contribution in [0.1, 0.15) is 0 Å². The summed E-state index contributed by atoms with van der Waals surface area (Å²) in [5, 5.41) is 54.0. The molecule has 0 heterocycles. The molecule has 0 aliphatic heterocycles. The van der Waals surface area contributed by atoms with E-state index in [0.29, 0.717) is 0 Å². The summed E-state index contributed by atoms with van der Waals surface area (Å²) in [4.78, 5) is 48.0. The fourth-order valence-corrected chi connectivity index (χ4v) is 0. The summed E-state index contributed by atoms with van der Waals surface area (Å²) in [6.45, 7) is 0. The Balaban J connectivity index is -0.0000000114. The molecule has 0 fully saturated rings. The van der Waals surface area contributed by atoms with Gasteiger partial charge in [0.25, 0.3) is 0 Å². The maximum Gasteiger partial charge on any atom is 1.00 e. The molecule has 0 aliphatic carbocycles. The van der Waals surface area contributed by atoms with E-state index in [9.17, 15) is 0 Å². The Bertz CT molecular complexity index is 123. The van der Waals surface area contributed by atoms with Crippen LogP contribution >= 0.6 is 0 Å². The quantitative estimate of drug-likeness (QED) is 0.157. The molecular weight excluding hydrogens is 549 g/mol. The van der Waals surface area contributed by atoms with Crippen LogP contribution in [0.3, 0.4) is 0 Å². The van der Waals surface area contributed by atoms with Gasteiger partial charge in [-0.15, -0.1) is 32.0 Å². The van der Waals surface area contributed by atoms with E-state index >= 15 is 0 Å². The number of hydrogen-bond acceptors (Lipinski definition) is 18. The van der Waals surface area contributed by atoms with Gasteiger partial charge in [0.1, 0.15) is 0 Å². The summed E-state index contributed by atoms with van der Waals surface area (Å²) in [6.07, 6.45) is 0. The first-order valence-electron chi connectivity index (χ1n) is 2.19. The maximum atomic E-state index is 8.00. The summed E-state index contributed by atoms with van der Waals surface area (Å²) in [6, 6.07) is 0. The SMILES string of the molecule is O=N[O-].O=N[O-].O=N[O-].O=N[O-].O=N[O-].O=N[O-].[K+].[K+].[Pt]. The second kappa shape index (κ2) is 189. The van der Waals surface area contributed by atoms with Gasteiger partial charge in [-0.3, -0.25) is 0 Å². The largest absolute Gasteiger partial charge is 1.00 e. The van der Waals surface area contributed by atoms with Gasteiger partial charge in [-0.1, -0.05) is 0 Å². The van der Waals surface area contributed by atoms with Gasteiger partial charge >= 0.3 is 103 Å². The Morgan fingerprint density at radius 3 is 0.381 bits per heavy atom. The Hall–Kier alpha value is 0.361. The Kier molecular flexibility index (Phi) is 521. The molecule has 18 nitrogen and oxygen atoms in total. The molecule has 0 aromatic rings. The monoisotopic (exact) mass is 549 g/mol. The molecule has 0 spiro atoms. The Morgan fingerprint density at radius 2 is 0.381 bits per heavy atom. The molecule has 0 N–H and O–H groups in total. The van der Waals surface area contributed by atoms with Gasteiger partial charge in [-0.05, 0) is 0 Å². The van der Waals surface area contributed by atoms with E-state index in [2.05, 4.69) is 0 Å². The third-order valence-corrected chi connectivity index (χ3v) is 0. The molecule has 0 aromatic carbocycles. The molecular formula is K2N6O12Pt-4. The van der Waals surface area contributed by atoms with E-state index in [-0.39, 0.29) is 124 Å². The van der Waals surface area contributed by atoms with Crippen molar-refractivity contribution in [2.45, 2.75) is 0 Å². The minimum absolute atomic E-state index is 0. The van der Waals surface area contributed by atoms with Crippen molar-refractivity contribution in [1.29, 1.82) is 0 Å². The van der Waals surface area contributed by atoms with Crippen molar-refractivity contribution in [2.24, 2.45) is 32.0 Å². The van der Waals surface area contributed by atoms with Crippen molar-refractivity contribution in [2.75, 3.05) is 0 Å². The van der Waals surface area contributed by atoms with Gasteiger partial charge in [0.05, 0.1) is 0 Å². The summed E-state index contributed by atoms with van der Waals surface area (Å²) < 4.78 is 0. The summed E-state index contributed by atoms with van der Waals surface area (Å²) in [5.74, 6) is 0. The van der Waals surface area contributed by atoms with Crippen molar-refractivity contribution in [1.82, 2.24) is 0 Å². The molecule has 0 bridgehead atoms. The average Bonchev–Trinajstić information content (AvgIpc) is 2.23. The summed E-state index contributed by atoms with van der Waals surface area (Å²) in [7, 11) is 0. The fraction of sp³-hybridized carbons (Fsp3) is 0. The van der Waals surface area contributed by atoms with Gasteiger partial charge in [0, 0.05) is 21.1 Å². The minimum atomic E-state index is 0. The predicted octanol–water partition coefficient (Wildman–Crippen LogP) is -4.49. The van der Waals surface area contributed by atoms with Crippen LogP contribution in [-0.4, -0.2) is 0 Å². The zero-order valence-corrected chi connectivity index (χ0v) is 18.4. The first-order valence-corrected chi connectivity index (χ1v) is 2.19. The molecule has 0 saturated carbocycles. The van der Waals surface area contributed by atoms with Crippen LogP contribution in [0.25, 0.3) is 0 Å². The molecule has 0 rings (SSSR count). The van der Waals surface area contributed by atoms with Gasteiger partial charge in [-0.25, -0.2) is 0 Å². The number of hydrogen-bond donors (Lipinski definition) is 0. The van der Waals surface area contributed by atoms with Crippen LogP contribution in [0.4, 0.5) is 0 Å². The van der Waals surface area contributed by atoms with Crippen LogP contribution in [0.2, 0.25) is 0 Å². The zero-order chi connectivity index (χ0) is 16.2. The van der Waals surface area contributed by atoms with Crippen LogP contribution in [0.15, 0.2) is 32.0 Å². The third-order valence-electron chi connectivity index (χ3n) is 0. The molecule has 0 saturated heterocycles. The van der Waals surface area contributed by atoms with E-state index in [1.807, 2.05) is 0 Å². The topological polar surface area (TPSA) is 315 Å². The first kappa shape index (κ1) is 58.0. The van der Waals surface area contributed by atoms with Gasteiger partial charge in [0.15, 0.2) is 0 Å². The predicted molar refractivity (Wildman–Crippen MR) is 55.0 cm³/mol. The molecule has 0 atom stereocenters. The minimum Gasteiger partial charge on any atom is -0.444 e. The van der Waals surface area contributed by atoms with Crippen LogP contribution in [0, 0.1) is 60.7 Å². The van der Waals surface area contributed by atoms with E-state index in [0.717, 1.165) is 32.0 Å².